The lowest BCUT2D eigenvalue weighted by Crippen LogP contribution is -2.55. The zero-order valence-corrected chi connectivity index (χ0v) is 10.9. The molecule has 2 bridgehead atoms. The summed E-state index contributed by atoms with van der Waals surface area (Å²) in [6, 6.07) is 2.57. The highest BCUT2D eigenvalue weighted by molar-refractivity contribution is 4.94. The Morgan fingerprint density at radius 3 is 1.87 bits per heavy atom. The molecule has 0 N–H and O–H groups in total. The molecule has 2 heterocycles. The Labute approximate surface area is 95.2 Å². The van der Waals surface area contributed by atoms with E-state index in [4.69, 9.17) is 0 Å². The first-order valence-corrected chi connectivity index (χ1v) is 6.87. The van der Waals surface area contributed by atoms with Crippen LogP contribution in [0.15, 0.2) is 0 Å². The van der Waals surface area contributed by atoms with Crippen LogP contribution < -0.4 is 0 Å². The van der Waals surface area contributed by atoms with E-state index in [0.717, 1.165) is 30.0 Å². The molecule has 3 atom stereocenters. The van der Waals surface area contributed by atoms with Gasteiger partial charge in [0, 0.05) is 18.1 Å². The molecule has 2 aliphatic heterocycles. The van der Waals surface area contributed by atoms with Crippen LogP contribution in [0.1, 0.15) is 59.8 Å². The first-order chi connectivity index (χ1) is 7.09. The molecule has 0 aromatic rings. The summed E-state index contributed by atoms with van der Waals surface area (Å²) in [5.74, 6) is 1.89. The van der Waals surface area contributed by atoms with Crippen LogP contribution in [0.25, 0.3) is 0 Å². The van der Waals surface area contributed by atoms with Gasteiger partial charge in [0.2, 0.25) is 0 Å². The van der Waals surface area contributed by atoms with Gasteiger partial charge in [-0.2, -0.15) is 0 Å². The minimum atomic E-state index is 0.758. The third kappa shape index (κ3) is 2.22. The highest BCUT2D eigenvalue weighted by Crippen LogP contribution is 2.40. The summed E-state index contributed by atoms with van der Waals surface area (Å²) in [6.07, 6.45) is 7.32. The van der Waals surface area contributed by atoms with Crippen molar-refractivity contribution in [1.29, 1.82) is 0 Å². The predicted molar refractivity (Wildman–Crippen MR) is 66.0 cm³/mol. The summed E-state index contributed by atoms with van der Waals surface area (Å²) in [5.41, 5.74) is 0. The number of rotatable bonds is 2. The molecule has 1 heteroatoms. The topological polar surface area (TPSA) is 3.24 Å². The molecule has 0 unspecified atom stereocenters. The molecule has 2 aliphatic rings. The van der Waals surface area contributed by atoms with Crippen LogP contribution in [0.2, 0.25) is 0 Å². The van der Waals surface area contributed by atoms with E-state index in [2.05, 4.69) is 32.6 Å². The fraction of sp³-hybridized carbons (Fsp3) is 1.00. The van der Waals surface area contributed by atoms with Gasteiger partial charge in [-0.15, -0.1) is 0 Å². The van der Waals surface area contributed by atoms with Crippen molar-refractivity contribution in [2.75, 3.05) is 0 Å². The summed E-state index contributed by atoms with van der Waals surface area (Å²) in [4.78, 5) is 2.82. The molecule has 0 aromatic heterocycles. The summed E-state index contributed by atoms with van der Waals surface area (Å²) in [6.45, 7) is 9.57. The minimum Gasteiger partial charge on any atom is -0.295 e. The van der Waals surface area contributed by atoms with E-state index in [1.165, 1.54) is 32.1 Å². The number of nitrogens with zero attached hydrogens (tertiary/aromatic N) is 1. The molecule has 0 spiro atoms. The van der Waals surface area contributed by atoms with E-state index in [9.17, 15) is 0 Å². The zero-order chi connectivity index (χ0) is 11.0. The Hall–Kier alpha value is -0.0400. The monoisotopic (exact) mass is 209 g/mol. The molecule has 15 heavy (non-hydrogen) atoms. The van der Waals surface area contributed by atoms with Gasteiger partial charge in [0.15, 0.2) is 0 Å². The van der Waals surface area contributed by atoms with Crippen LogP contribution in [0.3, 0.4) is 0 Å². The summed E-state index contributed by atoms with van der Waals surface area (Å²) >= 11 is 0. The Bertz CT molecular complexity index is 195. The van der Waals surface area contributed by atoms with Crippen molar-refractivity contribution in [3.05, 3.63) is 0 Å². The van der Waals surface area contributed by atoms with Crippen LogP contribution in [0.4, 0.5) is 0 Å². The minimum absolute atomic E-state index is 0.758. The van der Waals surface area contributed by atoms with Crippen molar-refractivity contribution in [3.8, 4) is 0 Å². The van der Waals surface area contributed by atoms with Gasteiger partial charge < -0.3 is 0 Å². The van der Waals surface area contributed by atoms with Gasteiger partial charge in [0.1, 0.15) is 0 Å². The molecule has 0 saturated carbocycles. The van der Waals surface area contributed by atoms with Gasteiger partial charge in [-0.25, -0.2) is 0 Å². The number of fused-ring (bicyclic) bond motifs is 2. The fourth-order valence-electron chi connectivity index (χ4n) is 3.85. The van der Waals surface area contributed by atoms with E-state index in [-0.39, 0.29) is 0 Å². The number of hydrogen-bond acceptors (Lipinski definition) is 1. The predicted octanol–water partition coefficient (Wildman–Crippen LogP) is 3.68. The third-order valence-electron chi connectivity index (χ3n) is 4.61. The second-order valence-electron chi connectivity index (χ2n) is 6.26. The quantitative estimate of drug-likeness (QED) is 0.670. The third-order valence-corrected chi connectivity index (χ3v) is 4.61. The van der Waals surface area contributed by atoms with Crippen molar-refractivity contribution < 1.29 is 0 Å². The van der Waals surface area contributed by atoms with Crippen LogP contribution in [-0.2, 0) is 0 Å². The molecule has 0 aromatic carbocycles. The van der Waals surface area contributed by atoms with E-state index < -0.39 is 0 Å². The number of hydrogen-bond donors (Lipinski definition) is 0. The van der Waals surface area contributed by atoms with Crippen LogP contribution >= 0.6 is 0 Å². The average Bonchev–Trinajstić information content (AvgIpc) is 2.15. The molecule has 88 valence electrons. The molecule has 0 radical (unpaired) electrons. The maximum absolute atomic E-state index is 2.82. The van der Waals surface area contributed by atoms with Crippen LogP contribution in [-0.4, -0.2) is 23.0 Å². The van der Waals surface area contributed by atoms with E-state index in [1.54, 1.807) is 0 Å². The maximum atomic E-state index is 2.82. The molecule has 0 amide bonds. The average molecular weight is 209 g/mol. The molecular weight excluding hydrogens is 182 g/mol. The SMILES string of the molecule is CC(C)[C@H]1C[C@H]2CCC[C@@H](C1)N2C(C)C. The summed E-state index contributed by atoms with van der Waals surface area (Å²) in [7, 11) is 0. The number of piperidine rings is 2. The Morgan fingerprint density at radius 1 is 0.933 bits per heavy atom. The smallest absolute Gasteiger partial charge is 0.0104 e. The normalized spacial score (nSPS) is 37.6. The van der Waals surface area contributed by atoms with Crippen molar-refractivity contribution in [2.24, 2.45) is 11.8 Å². The second-order valence-corrected chi connectivity index (χ2v) is 6.26. The van der Waals surface area contributed by atoms with E-state index in [0.29, 0.717) is 0 Å². The van der Waals surface area contributed by atoms with Gasteiger partial charge in [-0.05, 0) is 51.4 Å². The fourth-order valence-corrected chi connectivity index (χ4v) is 3.85. The Morgan fingerprint density at radius 2 is 1.47 bits per heavy atom. The second kappa shape index (κ2) is 4.45. The van der Waals surface area contributed by atoms with Gasteiger partial charge in [-0.1, -0.05) is 20.3 Å². The molecular formula is C14H27N. The van der Waals surface area contributed by atoms with Gasteiger partial charge in [-0.3, -0.25) is 4.90 Å². The summed E-state index contributed by atoms with van der Waals surface area (Å²) < 4.78 is 0. The van der Waals surface area contributed by atoms with Gasteiger partial charge in [0.25, 0.3) is 0 Å². The van der Waals surface area contributed by atoms with Crippen molar-refractivity contribution in [3.63, 3.8) is 0 Å². The zero-order valence-electron chi connectivity index (χ0n) is 10.9. The first-order valence-electron chi connectivity index (χ1n) is 6.87. The van der Waals surface area contributed by atoms with Crippen molar-refractivity contribution in [1.82, 2.24) is 4.90 Å². The largest absolute Gasteiger partial charge is 0.295 e. The summed E-state index contributed by atoms with van der Waals surface area (Å²) in [5, 5.41) is 0. The first kappa shape index (κ1) is 11.4. The lowest BCUT2D eigenvalue weighted by atomic mass is 9.73. The molecule has 2 saturated heterocycles. The Balaban J connectivity index is 2.08. The van der Waals surface area contributed by atoms with Gasteiger partial charge >= 0.3 is 0 Å². The van der Waals surface area contributed by atoms with Crippen LogP contribution in [0, 0.1) is 11.8 Å². The van der Waals surface area contributed by atoms with Gasteiger partial charge in [0.05, 0.1) is 0 Å². The van der Waals surface area contributed by atoms with Crippen molar-refractivity contribution >= 4 is 0 Å². The van der Waals surface area contributed by atoms with Crippen molar-refractivity contribution in [2.45, 2.75) is 77.9 Å². The lowest BCUT2D eigenvalue weighted by Gasteiger charge is -2.52. The molecule has 0 aliphatic carbocycles. The van der Waals surface area contributed by atoms with Crippen LogP contribution in [0.5, 0.6) is 0 Å². The maximum Gasteiger partial charge on any atom is 0.0104 e. The molecule has 1 nitrogen and oxygen atoms in total. The molecule has 2 fully saturated rings. The Kier molecular flexibility index (Phi) is 3.39. The standard InChI is InChI=1S/C14H27N/c1-10(2)12-8-13-6-5-7-14(9-12)15(13)11(3)4/h10-14H,5-9H2,1-4H3/t12-,13+,14-. The lowest BCUT2D eigenvalue weighted by molar-refractivity contribution is -0.0195. The molecule has 2 rings (SSSR count). The van der Waals surface area contributed by atoms with E-state index >= 15 is 0 Å². The highest BCUT2D eigenvalue weighted by atomic mass is 15.2. The highest BCUT2D eigenvalue weighted by Gasteiger charge is 2.39. The van der Waals surface area contributed by atoms with E-state index in [1.807, 2.05) is 0 Å².